The number of hydrogen-bond acceptors (Lipinski definition) is 7. The predicted octanol–water partition coefficient (Wildman–Crippen LogP) is 1.76. The zero-order chi connectivity index (χ0) is 22.4. The maximum atomic E-state index is 12.6. The third-order valence-corrected chi connectivity index (χ3v) is 6.55. The van der Waals surface area contributed by atoms with E-state index in [-0.39, 0.29) is 10.5 Å². The fourth-order valence-electron chi connectivity index (χ4n) is 2.85. The molecule has 0 radical (unpaired) electrons. The van der Waals surface area contributed by atoms with Gasteiger partial charge in [0.1, 0.15) is 0 Å². The van der Waals surface area contributed by atoms with Crippen LogP contribution in [0.1, 0.15) is 22.8 Å². The lowest BCUT2D eigenvalue weighted by atomic mass is 10.1. The first kappa shape index (κ1) is 22.4. The van der Waals surface area contributed by atoms with Crippen LogP contribution in [0, 0.1) is 11.3 Å². The van der Waals surface area contributed by atoms with Crippen molar-refractivity contribution in [3.63, 3.8) is 0 Å². The van der Waals surface area contributed by atoms with Crippen molar-refractivity contribution >= 4 is 27.6 Å². The quantitative estimate of drug-likeness (QED) is 0.674. The van der Waals surface area contributed by atoms with E-state index in [4.69, 9.17) is 14.7 Å². The summed E-state index contributed by atoms with van der Waals surface area (Å²) >= 11 is 0. The average Bonchev–Trinajstić information content (AvgIpc) is 2.80. The molecule has 2 aromatic rings. The Kier molecular flexibility index (Phi) is 7.02. The summed E-state index contributed by atoms with van der Waals surface area (Å²) in [5.74, 6) is -1.26. The van der Waals surface area contributed by atoms with Crippen LogP contribution >= 0.6 is 0 Å². The Morgan fingerprint density at radius 3 is 2.29 bits per heavy atom. The Bertz CT molecular complexity index is 1090. The van der Waals surface area contributed by atoms with Crippen LogP contribution in [0.25, 0.3) is 0 Å². The number of nitrogens with zero attached hydrogens (tertiary/aromatic N) is 2. The number of ether oxygens (including phenoxy) is 2. The minimum Gasteiger partial charge on any atom is -0.449 e. The Hall–Kier alpha value is -3.26. The van der Waals surface area contributed by atoms with Crippen LogP contribution in [-0.4, -0.2) is 57.0 Å². The molecule has 0 saturated carbocycles. The van der Waals surface area contributed by atoms with E-state index in [1.165, 1.54) is 59.8 Å². The first-order valence-corrected chi connectivity index (χ1v) is 11.0. The first-order valence-electron chi connectivity index (χ1n) is 9.51. The number of carbonyl (C=O) groups excluding carboxylic acids is 2. The molecule has 1 atom stereocenters. The number of anilines is 1. The number of amides is 1. The number of rotatable bonds is 6. The SMILES string of the molecule is C[C@@H](OC(=O)c1ccc(C#N)cc1)C(=O)Nc1ccc(S(=O)(=O)N2CCOCC2)cc1. The van der Waals surface area contributed by atoms with Crippen molar-refractivity contribution in [3.05, 3.63) is 59.7 Å². The molecule has 3 rings (SSSR count). The Balaban J connectivity index is 1.59. The largest absolute Gasteiger partial charge is 0.449 e. The smallest absolute Gasteiger partial charge is 0.338 e. The normalized spacial score (nSPS) is 15.5. The fraction of sp³-hybridized carbons (Fsp3) is 0.286. The van der Waals surface area contributed by atoms with Crippen molar-refractivity contribution in [2.45, 2.75) is 17.9 Å². The second-order valence-electron chi connectivity index (χ2n) is 6.77. The molecule has 1 aliphatic heterocycles. The summed E-state index contributed by atoms with van der Waals surface area (Å²) in [7, 11) is -3.62. The number of sulfonamides is 1. The topological polar surface area (TPSA) is 126 Å². The van der Waals surface area contributed by atoms with Gasteiger partial charge in [-0.3, -0.25) is 4.79 Å². The van der Waals surface area contributed by atoms with Gasteiger partial charge < -0.3 is 14.8 Å². The monoisotopic (exact) mass is 443 g/mol. The number of benzene rings is 2. The van der Waals surface area contributed by atoms with E-state index in [1.54, 1.807) is 0 Å². The van der Waals surface area contributed by atoms with Crippen molar-refractivity contribution in [3.8, 4) is 6.07 Å². The Morgan fingerprint density at radius 2 is 1.71 bits per heavy atom. The molecule has 0 unspecified atom stereocenters. The second kappa shape index (κ2) is 9.70. The minimum absolute atomic E-state index is 0.118. The van der Waals surface area contributed by atoms with Gasteiger partial charge in [-0.1, -0.05) is 0 Å². The van der Waals surface area contributed by atoms with Gasteiger partial charge in [-0.05, 0) is 55.5 Å². The summed E-state index contributed by atoms with van der Waals surface area (Å²) in [4.78, 5) is 24.6. The molecule has 1 N–H and O–H groups in total. The minimum atomic E-state index is -3.62. The maximum Gasteiger partial charge on any atom is 0.338 e. The van der Waals surface area contributed by atoms with Crippen molar-refractivity contribution in [2.24, 2.45) is 0 Å². The van der Waals surface area contributed by atoms with Crippen LogP contribution < -0.4 is 5.32 Å². The highest BCUT2D eigenvalue weighted by Crippen LogP contribution is 2.19. The predicted molar refractivity (Wildman–Crippen MR) is 111 cm³/mol. The van der Waals surface area contributed by atoms with Crippen LogP contribution in [0.5, 0.6) is 0 Å². The molecule has 162 valence electrons. The van der Waals surface area contributed by atoms with Crippen LogP contribution in [0.4, 0.5) is 5.69 Å². The molecule has 2 aromatic carbocycles. The van der Waals surface area contributed by atoms with Gasteiger partial charge in [0.25, 0.3) is 5.91 Å². The van der Waals surface area contributed by atoms with Crippen molar-refractivity contribution in [1.29, 1.82) is 5.26 Å². The third kappa shape index (κ3) is 5.46. The summed E-state index contributed by atoms with van der Waals surface area (Å²) in [6, 6.07) is 13.6. The molecule has 0 aromatic heterocycles. The standard InChI is InChI=1S/C21H21N3O6S/c1-15(30-21(26)17-4-2-16(14-22)3-5-17)20(25)23-18-6-8-19(9-7-18)31(27,28)24-10-12-29-13-11-24/h2-9,15H,10-13H2,1H3,(H,23,25)/t15-/m1/s1. The highest BCUT2D eigenvalue weighted by molar-refractivity contribution is 7.89. The molecule has 0 bridgehead atoms. The van der Waals surface area contributed by atoms with Crippen LogP contribution in [0.15, 0.2) is 53.4 Å². The zero-order valence-electron chi connectivity index (χ0n) is 16.8. The lowest BCUT2D eigenvalue weighted by Gasteiger charge is -2.26. The number of nitriles is 1. The summed E-state index contributed by atoms with van der Waals surface area (Å²) in [5.41, 5.74) is 0.991. The van der Waals surface area contributed by atoms with Gasteiger partial charge in [-0.15, -0.1) is 0 Å². The molecule has 1 fully saturated rings. The molecular weight excluding hydrogens is 422 g/mol. The van der Waals surface area contributed by atoms with Gasteiger partial charge in [0, 0.05) is 18.8 Å². The van der Waals surface area contributed by atoms with E-state index in [0.29, 0.717) is 37.6 Å². The number of carbonyl (C=O) groups is 2. The van der Waals surface area contributed by atoms with E-state index in [2.05, 4.69) is 5.32 Å². The van der Waals surface area contributed by atoms with E-state index in [9.17, 15) is 18.0 Å². The Labute approximate surface area is 180 Å². The molecule has 1 amide bonds. The molecule has 1 aliphatic rings. The lowest BCUT2D eigenvalue weighted by molar-refractivity contribution is -0.123. The third-order valence-electron chi connectivity index (χ3n) is 4.63. The van der Waals surface area contributed by atoms with E-state index in [0.717, 1.165) is 0 Å². The van der Waals surface area contributed by atoms with E-state index < -0.39 is 28.0 Å². The number of morpholine rings is 1. The number of esters is 1. The molecule has 0 spiro atoms. The Morgan fingerprint density at radius 1 is 1.10 bits per heavy atom. The average molecular weight is 443 g/mol. The zero-order valence-corrected chi connectivity index (χ0v) is 17.6. The second-order valence-corrected chi connectivity index (χ2v) is 8.70. The van der Waals surface area contributed by atoms with Gasteiger partial charge in [0.2, 0.25) is 10.0 Å². The number of nitrogens with one attached hydrogen (secondary N) is 1. The fourth-order valence-corrected chi connectivity index (χ4v) is 4.26. The summed E-state index contributed by atoms with van der Waals surface area (Å²) in [6.07, 6.45) is -1.08. The molecule has 10 heteroatoms. The van der Waals surface area contributed by atoms with Gasteiger partial charge in [-0.25, -0.2) is 13.2 Å². The van der Waals surface area contributed by atoms with Crippen LogP contribution in [0.2, 0.25) is 0 Å². The number of hydrogen-bond donors (Lipinski definition) is 1. The van der Waals surface area contributed by atoms with Crippen molar-refractivity contribution in [1.82, 2.24) is 4.31 Å². The van der Waals surface area contributed by atoms with Gasteiger partial charge in [-0.2, -0.15) is 9.57 Å². The molecule has 9 nitrogen and oxygen atoms in total. The summed E-state index contributed by atoms with van der Waals surface area (Å²) in [5, 5.41) is 11.4. The highest BCUT2D eigenvalue weighted by Gasteiger charge is 2.26. The summed E-state index contributed by atoms with van der Waals surface area (Å²) < 4.78 is 37.0. The van der Waals surface area contributed by atoms with Crippen LogP contribution in [-0.2, 0) is 24.3 Å². The molecule has 0 aliphatic carbocycles. The van der Waals surface area contributed by atoms with Crippen molar-refractivity contribution in [2.75, 3.05) is 31.6 Å². The maximum absolute atomic E-state index is 12.6. The molecule has 31 heavy (non-hydrogen) atoms. The van der Waals surface area contributed by atoms with Gasteiger partial charge >= 0.3 is 5.97 Å². The molecule has 1 heterocycles. The highest BCUT2D eigenvalue weighted by atomic mass is 32.2. The molecular formula is C21H21N3O6S. The molecule has 1 saturated heterocycles. The lowest BCUT2D eigenvalue weighted by Crippen LogP contribution is -2.40. The summed E-state index contributed by atoms with van der Waals surface area (Å²) in [6.45, 7) is 2.72. The van der Waals surface area contributed by atoms with Crippen LogP contribution in [0.3, 0.4) is 0 Å². The van der Waals surface area contributed by atoms with Gasteiger partial charge in [0.15, 0.2) is 6.10 Å². The van der Waals surface area contributed by atoms with Gasteiger partial charge in [0.05, 0.1) is 35.3 Å². The van der Waals surface area contributed by atoms with E-state index in [1.807, 2.05) is 6.07 Å². The van der Waals surface area contributed by atoms with E-state index >= 15 is 0 Å². The first-order chi connectivity index (χ1) is 14.8. The van der Waals surface area contributed by atoms with Crippen molar-refractivity contribution < 1.29 is 27.5 Å².